The van der Waals surface area contributed by atoms with Crippen LogP contribution in [0, 0.1) is 0 Å². The SMILES string of the molecule is CC1Oc2ccc(C(=O)c3cccc(Cl)c3)cc2NC1=O. The van der Waals surface area contributed by atoms with Gasteiger partial charge in [-0.3, -0.25) is 9.59 Å². The van der Waals surface area contributed by atoms with Crippen molar-refractivity contribution in [2.75, 3.05) is 5.32 Å². The average Bonchev–Trinajstić information content (AvgIpc) is 2.47. The molecule has 1 amide bonds. The molecule has 0 fully saturated rings. The van der Waals surface area contributed by atoms with Gasteiger partial charge >= 0.3 is 0 Å². The number of fused-ring (bicyclic) bond motifs is 1. The number of hydrogen-bond acceptors (Lipinski definition) is 3. The lowest BCUT2D eigenvalue weighted by Gasteiger charge is -2.23. The van der Waals surface area contributed by atoms with Crippen molar-refractivity contribution in [1.29, 1.82) is 0 Å². The van der Waals surface area contributed by atoms with Crippen molar-refractivity contribution >= 4 is 29.0 Å². The second-order valence-corrected chi connectivity index (χ2v) is 5.24. The maximum Gasteiger partial charge on any atom is 0.265 e. The predicted molar refractivity (Wildman–Crippen MR) is 80.0 cm³/mol. The molecule has 1 aliphatic heterocycles. The van der Waals surface area contributed by atoms with Crippen molar-refractivity contribution in [1.82, 2.24) is 0 Å². The Morgan fingerprint density at radius 1 is 1.19 bits per heavy atom. The Labute approximate surface area is 126 Å². The Morgan fingerprint density at radius 2 is 1.95 bits per heavy atom. The van der Waals surface area contributed by atoms with Crippen LogP contribution in [0.15, 0.2) is 42.5 Å². The highest BCUT2D eigenvalue weighted by atomic mass is 35.5. The van der Waals surface area contributed by atoms with Crippen LogP contribution in [0.1, 0.15) is 22.8 Å². The van der Waals surface area contributed by atoms with E-state index < -0.39 is 6.10 Å². The molecule has 1 atom stereocenters. The molecule has 0 spiro atoms. The molecule has 5 heteroatoms. The second kappa shape index (κ2) is 5.22. The minimum Gasteiger partial charge on any atom is -0.479 e. The Balaban J connectivity index is 1.96. The minimum atomic E-state index is -0.535. The Hall–Kier alpha value is -2.33. The summed E-state index contributed by atoms with van der Waals surface area (Å²) in [6.45, 7) is 1.67. The van der Waals surface area contributed by atoms with E-state index in [2.05, 4.69) is 5.32 Å². The van der Waals surface area contributed by atoms with Crippen molar-refractivity contribution in [3.8, 4) is 5.75 Å². The molecule has 1 N–H and O–H groups in total. The van der Waals surface area contributed by atoms with Crippen molar-refractivity contribution in [3.63, 3.8) is 0 Å². The molecule has 4 nitrogen and oxygen atoms in total. The summed E-state index contributed by atoms with van der Waals surface area (Å²) in [6.07, 6.45) is -0.535. The number of hydrogen-bond donors (Lipinski definition) is 1. The predicted octanol–water partition coefficient (Wildman–Crippen LogP) is 3.29. The first kappa shape index (κ1) is 13.6. The molecule has 1 aliphatic rings. The third-order valence-corrected chi connectivity index (χ3v) is 3.49. The highest BCUT2D eigenvalue weighted by Crippen LogP contribution is 2.31. The standard InChI is InChI=1S/C16H12ClNO3/c1-9-16(20)18-13-8-11(5-6-14(13)21-9)15(19)10-3-2-4-12(17)7-10/h2-9H,1H3,(H,18,20). The van der Waals surface area contributed by atoms with Gasteiger partial charge in [0.25, 0.3) is 5.91 Å². The van der Waals surface area contributed by atoms with Gasteiger partial charge in [0.05, 0.1) is 5.69 Å². The van der Waals surface area contributed by atoms with Gasteiger partial charge in [0.2, 0.25) is 0 Å². The van der Waals surface area contributed by atoms with Crippen molar-refractivity contribution in [3.05, 3.63) is 58.6 Å². The number of anilines is 1. The number of carbonyl (C=O) groups is 2. The summed E-state index contributed by atoms with van der Waals surface area (Å²) >= 11 is 5.90. The zero-order chi connectivity index (χ0) is 15.0. The van der Waals surface area contributed by atoms with Crippen LogP contribution in [-0.4, -0.2) is 17.8 Å². The first-order valence-electron chi connectivity index (χ1n) is 6.46. The minimum absolute atomic E-state index is 0.159. The number of rotatable bonds is 2. The Bertz CT molecular complexity index is 742. The van der Waals surface area contributed by atoms with Gasteiger partial charge in [0.1, 0.15) is 5.75 Å². The molecular weight excluding hydrogens is 290 g/mol. The highest BCUT2D eigenvalue weighted by molar-refractivity contribution is 6.31. The molecule has 0 radical (unpaired) electrons. The van der Waals surface area contributed by atoms with Crippen LogP contribution in [0.2, 0.25) is 5.02 Å². The van der Waals surface area contributed by atoms with E-state index in [1.807, 2.05) is 0 Å². The van der Waals surface area contributed by atoms with Gasteiger partial charge in [-0.15, -0.1) is 0 Å². The number of ether oxygens (including phenoxy) is 1. The van der Waals surface area contributed by atoms with Crippen LogP contribution in [0.5, 0.6) is 5.75 Å². The van der Waals surface area contributed by atoms with Crippen LogP contribution >= 0.6 is 11.6 Å². The van der Waals surface area contributed by atoms with Gasteiger partial charge in [-0.2, -0.15) is 0 Å². The zero-order valence-corrected chi connectivity index (χ0v) is 12.0. The van der Waals surface area contributed by atoms with E-state index in [0.29, 0.717) is 27.6 Å². The number of ketones is 1. The molecule has 2 aromatic rings. The van der Waals surface area contributed by atoms with Crippen LogP contribution < -0.4 is 10.1 Å². The summed E-state index contributed by atoms with van der Waals surface area (Å²) in [5.41, 5.74) is 1.47. The molecule has 0 bridgehead atoms. The summed E-state index contributed by atoms with van der Waals surface area (Å²) in [5.74, 6) is 0.174. The summed E-state index contributed by atoms with van der Waals surface area (Å²) in [6, 6.07) is 11.7. The van der Waals surface area contributed by atoms with E-state index in [1.54, 1.807) is 49.4 Å². The summed E-state index contributed by atoms with van der Waals surface area (Å²) in [7, 11) is 0. The maximum atomic E-state index is 12.4. The van der Waals surface area contributed by atoms with Gasteiger partial charge < -0.3 is 10.1 Å². The number of nitrogens with one attached hydrogen (secondary N) is 1. The monoisotopic (exact) mass is 301 g/mol. The number of amides is 1. The third kappa shape index (κ3) is 2.62. The second-order valence-electron chi connectivity index (χ2n) is 4.80. The molecule has 1 unspecified atom stereocenters. The first-order chi connectivity index (χ1) is 10.0. The lowest BCUT2D eigenvalue weighted by atomic mass is 10.0. The fraction of sp³-hybridized carbons (Fsp3) is 0.125. The van der Waals surface area contributed by atoms with Crippen molar-refractivity contribution in [2.24, 2.45) is 0 Å². The highest BCUT2D eigenvalue weighted by Gasteiger charge is 2.24. The fourth-order valence-corrected chi connectivity index (χ4v) is 2.34. The smallest absolute Gasteiger partial charge is 0.265 e. The molecule has 0 saturated heterocycles. The molecule has 0 aromatic heterocycles. The first-order valence-corrected chi connectivity index (χ1v) is 6.84. The van der Waals surface area contributed by atoms with Gasteiger partial charge in [0, 0.05) is 16.1 Å². The van der Waals surface area contributed by atoms with Gasteiger partial charge in [0.15, 0.2) is 11.9 Å². The number of benzene rings is 2. The van der Waals surface area contributed by atoms with Gasteiger partial charge in [-0.05, 0) is 37.3 Å². The summed E-state index contributed by atoms with van der Waals surface area (Å²) in [4.78, 5) is 24.0. The topological polar surface area (TPSA) is 55.4 Å². The number of halogens is 1. The van der Waals surface area contributed by atoms with Crippen molar-refractivity contribution in [2.45, 2.75) is 13.0 Å². The molecule has 2 aromatic carbocycles. The normalized spacial score (nSPS) is 16.7. The molecule has 3 rings (SSSR count). The van der Waals surface area contributed by atoms with E-state index in [4.69, 9.17) is 16.3 Å². The average molecular weight is 302 g/mol. The van der Waals surface area contributed by atoms with Gasteiger partial charge in [-0.25, -0.2) is 0 Å². The molecule has 0 saturated carbocycles. The molecule has 1 heterocycles. The zero-order valence-electron chi connectivity index (χ0n) is 11.2. The van der Waals surface area contributed by atoms with Crippen LogP contribution in [0.25, 0.3) is 0 Å². The molecule has 106 valence electrons. The Kier molecular flexibility index (Phi) is 3.39. The molecule has 21 heavy (non-hydrogen) atoms. The quantitative estimate of drug-likeness (QED) is 0.866. The molecule has 0 aliphatic carbocycles. The summed E-state index contributed by atoms with van der Waals surface area (Å²) in [5, 5.41) is 3.23. The lowest BCUT2D eigenvalue weighted by molar-refractivity contribution is -0.122. The van der Waals surface area contributed by atoms with Crippen LogP contribution in [-0.2, 0) is 4.79 Å². The van der Waals surface area contributed by atoms with E-state index in [1.165, 1.54) is 0 Å². The fourth-order valence-electron chi connectivity index (χ4n) is 2.15. The largest absolute Gasteiger partial charge is 0.479 e. The van der Waals surface area contributed by atoms with Crippen LogP contribution in [0.3, 0.4) is 0 Å². The maximum absolute atomic E-state index is 12.4. The number of carbonyl (C=O) groups excluding carboxylic acids is 2. The van der Waals surface area contributed by atoms with Crippen LogP contribution in [0.4, 0.5) is 5.69 Å². The van der Waals surface area contributed by atoms with Gasteiger partial charge in [-0.1, -0.05) is 23.7 Å². The Morgan fingerprint density at radius 3 is 2.71 bits per heavy atom. The van der Waals surface area contributed by atoms with Crippen molar-refractivity contribution < 1.29 is 14.3 Å². The van der Waals surface area contributed by atoms with E-state index in [-0.39, 0.29) is 11.7 Å². The van der Waals surface area contributed by atoms with E-state index in [9.17, 15) is 9.59 Å². The van der Waals surface area contributed by atoms with E-state index in [0.717, 1.165) is 0 Å². The third-order valence-electron chi connectivity index (χ3n) is 3.26. The summed E-state index contributed by atoms with van der Waals surface area (Å²) < 4.78 is 5.46. The van der Waals surface area contributed by atoms with E-state index >= 15 is 0 Å². The molecular formula is C16H12ClNO3. The lowest BCUT2D eigenvalue weighted by Crippen LogP contribution is -2.34.